The number of halogens is 1. The molecule has 1 heterocycles. The predicted molar refractivity (Wildman–Crippen MR) is 92.0 cm³/mol. The van der Waals surface area contributed by atoms with Gasteiger partial charge in [-0.2, -0.15) is 8.42 Å². The van der Waals surface area contributed by atoms with Crippen LogP contribution in [-0.4, -0.2) is 30.1 Å². The summed E-state index contributed by atoms with van der Waals surface area (Å²) >= 11 is 12.7. The minimum absolute atomic E-state index is 0.270. The monoisotopic (exact) mass is 363 g/mol. The molecule has 114 valence electrons. The fourth-order valence-corrected chi connectivity index (χ4v) is 4.01. The third-order valence-corrected chi connectivity index (χ3v) is 5.07. The van der Waals surface area contributed by atoms with Crippen molar-refractivity contribution >= 4 is 56.3 Å². The van der Waals surface area contributed by atoms with Crippen molar-refractivity contribution in [3.63, 3.8) is 0 Å². The zero-order valence-corrected chi connectivity index (χ0v) is 14.4. The molecule has 1 aliphatic rings. The third-order valence-electron chi connectivity index (χ3n) is 2.80. The van der Waals surface area contributed by atoms with Gasteiger partial charge in [-0.05, 0) is 37.6 Å². The Morgan fingerprint density at radius 2 is 2.24 bits per heavy atom. The molecule has 0 fully saturated rings. The van der Waals surface area contributed by atoms with Crippen LogP contribution >= 0.6 is 35.6 Å². The van der Waals surface area contributed by atoms with Gasteiger partial charge in [-0.1, -0.05) is 35.6 Å². The molecule has 1 aromatic carbocycles. The molecule has 0 radical (unpaired) electrons. The molecule has 0 saturated heterocycles. The maximum Gasteiger partial charge on any atom is 0.264 e. The largest absolute Gasteiger partial charge is 0.335 e. The summed E-state index contributed by atoms with van der Waals surface area (Å²) in [6, 6.07) is 5.59. The Labute approximate surface area is 138 Å². The second-order valence-electron chi connectivity index (χ2n) is 4.60. The molecule has 0 aromatic heterocycles. The lowest BCUT2D eigenvalue weighted by atomic mass is 10.2. The van der Waals surface area contributed by atoms with E-state index in [2.05, 4.69) is 0 Å². The molecule has 8 heteroatoms. The van der Waals surface area contributed by atoms with Crippen molar-refractivity contribution in [2.24, 2.45) is 0 Å². The standard InChI is InChI=1S/C13H14ClNO3S3/c1-9(19)7-13-15(5-2-6-21(16,17)18)11-8-10(14)3-4-12(11)20-13/h3-4,7-8H,2,5-6H2,1H3,(H,16,17,18)/b13-7+. The van der Waals surface area contributed by atoms with Crippen molar-refractivity contribution in [1.82, 2.24) is 0 Å². The Morgan fingerprint density at radius 3 is 2.86 bits per heavy atom. The van der Waals surface area contributed by atoms with Gasteiger partial charge in [-0.25, -0.2) is 0 Å². The summed E-state index contributed by atoms with van der Waals surface area (Å²) in [7, 11) is -3.95. The Kier molecular flexibility index (Phi) is 5.32. The smallest absolute Gasteiger partial charge is 0.264 e. The van der Waals surface area contributed by atoms with Crippen LogP contribution in [-0.2, 0) is 10.1 Å². The number of thiocarbonyl (C=S) groups is 1. The predicted octanol–water partition coefficient (Wildman–Crippen LogP) is 3.76. The van der Waals surface area contributed by atoms with Crippen LogP contribution in [0.2, 0.25) is 5.02 Å². The van der Waals surface area contributed by atoms with Crippen molar-refractivity contribution in [3.8, 4) is 0 Å². The van der Waals surface area contributed by atoms with Gasteiger partial charge in [0.1, 0.15) is 0 Å². The average molecular weight is 364 g/mol. The fourth-order valence-electron chi connectivity index (χ4n) is 1.99. The molecule has 1 N–H and O–H groups in total. The van der Waals surface area contributed by atoms with E-state index in [-0.39, 0.29) is 5.75 Å². The van der Waals surface area contributed by atoms with Gasteiger partial charge in [0.05, 0.1) is 16.5 Å². The van der Waals surface area contributed by atoms with Crippen LogP contribution in [0.5, 0.6) is 0 Å². The van der Waals surface area contributed by atoms with Gasteiger partial charge < -0.3 is 4.90 Å². The highest BCUT2D eigenvalue weighted by atomic mass is 35.5. The van der Waals surface area contributed by atoms with Gasteiger partial charge in [0, 0.05) is 21.3 Å². The number of hydrogen-bond donors (Lipinski definition) is 1. The van der Waals surface area contributed by atoms with E-state index in [0.29, 0.717) is 18.0 Å². The topological polar surface area (TPSA) is 57.6 Å². The number of hydrogen-bond acceptors (Lipinski definition) is 5. The Balaban J connectivity index is 2.25. The molecule has 0 amide bonds. The third kappa shape index (κ3) is 4.69. The van der Waals surface area contributed by atoms with Crippen molar-refractivity contribution in [2.75, 3.05) is 17.2 Å². The van der Waals surface area contributed by atoms with Crippen LogP contribution in [0.3, 0.4) is 0 Å². The molecule has 0 bridgehead atoms. The van der Waals surface area contributed by atoms with Crippen LogP contribution in [0.25, 0.3) is 0 Å². The van der Waals surface area contributed by atoms with E-state index < -0.39 is 10.1 Å². The Bertz CT molecular complexity index is 701. The minimum Gasteiger partial charge on any atom is -0.335 e. The summed E-state index contributed by atoms with van der Waals surface area (Å²) in [4.78, 5) is 3.78. The Hall–Kier alpha value is -0.600. The van der Waals surface area contributed by atoms with Gasteiger partial charge in [-0.15, -0.1) is 0 Å². The van der Waals surface area contributed by atoms with E-state index in [0.717, 1.165) is 20.5 Å². The van der Waals surface area contributed by atoms with Crippen molar-refractivity contribution in [2.45, 2.75) is 18.2 Å². The first-order valence-corrected chi connectivity index (χ1v) is 9.40. The lowest BCUT2D eigenvalue weighted by Gasteiger charge is -2.20. The van der Waals surface area contributed by atoms with Crippen molar-refractivity contribution in [1.29, 1.82) is 0 Å². The molecule has 0 unspecified atom stereocenters. The number of allylic oxidation sites excluding steroid dienone is 1. The summed E-state index contributed by atoms with van der Waals surface area (Å²) in [5.74, 6) is -0.270. The molecular weight excluding hydrogens is 350 g/mol. The zero-order valence-electron chi connectivity index (χ0n) is 11.2. The highest BCUT2D eigenvalue weighted by molar-refractivity contribution is 8.03. The summed E-state index contributed by atoms with van der Waals surface area (Å²) in [6.45, 7) is 2.30. The van der Waals surface area contributed by atoms with Crippen LogP contribution in [0.4, 0.5) is 5.69 Å². The van der Waals surface area contributed by atoms with Gasteiger partial charge in [0.15, 0.2) is 0 Å². The first-order chi connectivity index (χ1) is 9.76. The second-order valence-corrected chi connectivity index (χ2v) is 8.31. The average Bonchev–Trinajstić information content (AvgIpc) is 2.65. The maximum absolute atomic E-state index is 10.8. The van der Waals surface area contributed by atoms with E-state index in [1.807, 2.05) is 36.1 Å². The SMILES string of the molecule is CC(=S)/C=C1/Sc2ccc(Cl)cc2N1CCCS(=O)(=O)O. The van der Waals surface area contributed by atoms with Crippen LogP contribution in [0, 0.1) is 0 Å². The van der Waals surface area contributed by atoms with Gasteiger partial charge in [0.25, 0.3) is 10.1 Å². The molecule has 1 aliphatic heterocycles. The fraction of sp³-hybridized carbons (Fsp3) is 0.308. The molecule has 0 spiro atoms. The highest BCUT2D eigenvalue weighted by Crippen LogP contribution is 2.46. The van der Waals surface area contributed by atoms with E-state index in [9.17, 15) is 8.42 Å². The summed E-state index contributed by atoms with van der Waals surface area (Å²) in [5.41, 5.74) is 0.935. The second kappa shape index (κ2) is 6.66. The van der Waals surface area contributed by atoms with Gasteiger partial charge in [-0.3, -0.25) is 4.55 Å². The lowest BCUT2D eigenvalue weighted by Crippen LogP contribution is -2.22. The number of thioether (sulfide) groups is 1. The highest BCUT2D eigenvalue weighted by Gasteiger charge is 2.25. The lowest BCUT2D eigenvalue weighted by molar-refractivity contribution is 0.481. The van der Waals surface area contributed by atoms with Crippen LogP contribution < -0.4 is 4.90 Å². The summed E-state index contributed by atoms with van der Waals surface area (Å²) < 4.78 is 30.5. The van der Waals surface area contributed by atoms with Gasteiger partial charge in [0.2, 0.25) is 0 Å². The molecular formula is C13H14ClNO3S3. The van der Waals surface area contributed by atoms with E-state index in [1.165, 1.54) is 0 Å². The number of fused-ring (bicyclic) bond motifs is 1. The summed E-state index contributed by atoms with van der Waals surface area (Å²) in [6.07, 6.45) is 2.19. The van der Waals surface area contributed by atoms with Crippen molar-refractivity contribution in [3.05, 3.63) is 34.3 Å². The quantitative estimate of drug-likeness (QED) is 0.488. The van der Waals surface area contributed by atoms with Crippen LogP contribution in [0.15, 0.2) is 34.2 Å². The van der Waals surface area contributed by atoms with E-state index in [1.54, 1.807) is 11.8 Å². The molecule has 4 nitrogen and oxygen atoms in total. The molecule has 0 saturated carbocycles. The first kappa shape index (κ1) is 16.8. The minimum atomic E-state index is -3.95. The maximum atomic E-state index is 10.8. The molecule has 1 aromatic rings. The normalized spacial score (nSPS) is 16.3. The number of rotatable bonds is 5. The molecule has 0 atom stereocenters. The first-order valence-electron chi connectivity index (χ1n) is 6.18. The Morgan fingerprint density at radius 1 is 1.52 bits per heavy atom. The number of benzene rings is 1. The zero-order chi connectivity index (χ0) is 15.6. The molecule has 2 rings (SSSR count). The number of nitrogens with zero attached hydrogens (tertiary/aromatic N) is 1. The van der Waals surface area contributed by atoms with Crippen molar-refractivity contribution < 1.29 is 13.0 Å². The number of anilines is 1. The molecule has 21 heavy (non-hydrogen) atoms. The van der Waals surface area contributed by atoms with Gasteiger partial charge >= 0.3 is 0 Å². The van der Waals surface area contributed by atoms with E-state index in [4.69, 9.17) is 28.4 Å². The molecule has 0 aliphatic carbocycles. The van der Waals surface area contributed by atoms with Crippen LogP contribution in [0.1, 0.15) is 13.3 Å². The summed E-state index contributed by atoms with van der Waals surface area (Å²) in [5, 5.41) is 1.56. The van der Waals surface area contributed by atoms with E-state index >= 15 is 0 Å².